The van der Waals surface area contributed by atoms with E-state index in [1.54, 1.807) is 6.92 Å². The van der Waals surface area contributed by atoms with Crippen LogP contribution in [-0.2, 0) is 4.79 Å². The lowest BCUT2D eigenvalue weighted by molar-refractivity contribution is -0.128. The van der Waals surface area contributed by atoms with Crippen LogP contribution in [-0.4, -0.2) is 30.9 Å². The number of carbonyl (C=O) groups is 1. The topological polar surface area (TPSA) is 93.5 Å². The number of Topliss-reactive ketones (excluding diaryl/α,β-unsaturated/α-hetero) is 1. The summed E-state index contributed by atoms with van der Waals surface area (Å²) in [7, 11) is 1.82. The largest absolute Gasteiger partial charge is 0.370 e. The smallest absolute Gasteiger partial charge is 0.185 e. The van der Waals surface area contributed by atoms with Gasteiger partial charge in [0, 0.05) is 6.54 Å². The highest BCUT2D eigenvalue weighted by Crippen LogP contribution is 2.38. The Labute approximate surface area is 83.9 Å². The minimum absolute atomic E-state index is 0.120. The van der Waals surface area contributed by atoms with Crippen LogP contribution in [0.15, 0.2) is 4.99 Å². The molecule has 0 atom stereocenters. The number of hydrogen-bond donors (Lipinski definition) is 3. The van der Waals surface area contributed by atoms with E-state index in [1.807, 2.05) is 7.05 Å². The van der Waals surface area contributed by atoms with Gasteiger partial charge in [0.25, 0.3) is 0 Å². The monoisotopic (exact) mass is 198 g/mol. The van der Waals surface area contributed by atoms with Crippen molar-refractivity contribution in [1.82, 2.24) is 5.32 Å². The van der Waals surface area contributed by atoms with Crippen LogP contribution in [0.5, 0.6) is 0 Å². The van der Waals surface area contributed by atoms with E-state index in [1.165, 1.54) is 0 Å². The number of guanidine groups is 1. The van der Waals surface area contributed by atoms with E-state index < -0.39 is 0 Å². The van der Waals surface area contributed by atoms with Gasteiger partial charge in [0.15, 0.2) is 5.96 Å². The summed E-state index contributed by atoms with van der Waals surface area (Å²) in [6.45, 7) is 2.24. The standard InChI is InChI=1S/C9H18N4O/c1-6(14)9(12-2)3-7(4-9)5-13-8(10)11/h7,12H,3-5H2,1-2H3,(H4,10,11,13). The Morgan fingerprint density at radius 1 is 1.57 bits per heavy atom. The van der Waals surface area contributed by atoms with Crippen molar-refractivity contribution in [1.29, 1.82) is 0 Å². The average molecular weight is 198 g/mol. The molecular weight excluding hydrogens is 180 g/mol. The molecule has 0 heterocycles. The molecule has 0 spiro atoms. The number of aliphatic imine (C=N–C) groups is 1. The van der Waals surface area contributed by atoms with E-state index in [0.29, 0.717) is 12.5 Å². The van der Waals surface area contributed by atoms with E-state index in [2.05, 4.69) is 10.3 Å². The lowest BCUT2D eigenvalue weighted by Gasteiger charge is -2.45. The van der Waals surface area contributed by atoms with Gasteiger partial charge in [0.2, 0.25) is 0 Å². The molecule has 0 saturated heterocycles. The van der Waals surface area contributed by atoms with Gasteiger partial charge in [-0.2, -0.15) is 0 Å². The zero-order valence-corrected chi connectivity index (χ0v) is 8.71. The third-order valence-corrected chi connectivity index (χ3v) is 2.96. The Morgan fingerprint density at radius 3 is 2.50 bits per heavy atom. The molecule has 1 aliphatic rings. The first-order valence-corrected chi connectivity index (χ1v) is 4.75. The average Bonchev–Trinajstić information content (AvgIpc) is 2.01. The highest BCUT2D eigenvalue weighted by Gasteiger charge is 2.46. The molecule has 0 radical (unpaired) electrons. The van der Waals surface area contributed by atoms with Crippen LogP contribution < -0.4 is 16.8 Å². The molecule has 0 amide bonds. The van der Waals surface area contributed by atoms with Crippen molar-refractivity contribution >= 4 is 11.7 Å². The summed E-state index contributed by atoms with van der Waals surface area (Å²) >= 11 is 0. The first kappa shape index (κ1) is 11.0. The van der Waals surface area contributed by atoms with Crippen molar-refractivity contribution in [3.63, 3.8) is 0 Å². The number of ketones is 1. The Bertz CT molecular complexity index is 252. The van der Waals surface area contributed by atoms with Crippen LogP contribution in [0.25, 0.3) is 0 Å². The molecule has 0 aromatic heterocycles. The molecular formula is C9H18N4O. The fraction of sp³-hybridized carbons (Fsp3) is 0.778. The van der Waals surface area contributed by atoms with Crippen molar-refractivity contribution in [3.05, 3.63) is 0 Å². The minimum Gasteiger partial charge on any atom is -0.370 e. The van der Waals surface area contributed by atoms with Crippen molar-refractivity contribution in [3.8, 4) is 0 Å². The van der Waals surface area contributed by atoms with E-state index in [-0.39, 0.29) is 17.3 Å². The van der Waals surface area contributed by atoms with Crippen LogP contribution in [0.3, 0.4) is 0 Å². The molecule has 1 aliphatic carbocycles. The molecule has 1 rings (SSSR count). The molecule has 80 valence electrons. The summed E-state index contributed by atoms with van der Waals surface area (Å²) in [5, 5.41) is 3.07. The fourth-order valence-electron chi connectivity index (χ4n) is 1.96. The summed E-state index contributed by atoms with van der Waals surface area (Å²) < 4.78 is 0. The molecule has 1 saturated carbocycles. The fourth-order valence-corrected chi connectivity index (χ4v) is 1.96. The molecule has 0 aromatic carbocycles. The maximum absolute atomic E-state index is 11.3. The molecule has 5 heteroatoms. The van der Waals surface area contributed by atoms with Crippen LogP contribution in [0, 0.1) is 5.92 Å². The normalized spacial score (nSPS) is 30.6. The van der Waals surface area contributed by atoms with Crippen LogP contribution in [0.1, 0.15) is 19.8 Å². The molecule has 0 aromatic rings. The highest BCUT2D eigenvalue weighted by atomic mass is 16.1. The Morgan fingerprint density at radius 2 is 2.14 bits per heavy atom. The van der Waals surface area contributed by atoms with Gasteiger partial charge in [0.05, 0.1) is 5.54 Å². The molecule has 0 bridgehead atoms. The van der Waals surface area contributed by atoms with Gasteiger partial charge >= 0.3 is 0 Å². The zero-order valence-electron chi connectivity index (χ0n) is 8.71. The summed E-state index contributed by atoms with van der Waals surface area (Å²) in [5.74, 6) is 0.740. The number of nitrogens with two attached hydrogens (primary N) is 2. The second-order valence-electron chi connectivity index (χ2n) is 3.93. The van der Waals surface area contributed by atoms with E-state index >= 15 is 0 Å². The molecule has 5 N–H and O–H groups in total. The number of rotatable bonds is 4. The Balaban J connectivity index is 2.41. The lowest BCUT2D eigenvalue weighted by Crippen LogP contribution is -2.59. The van der Waals surface area contributed by atoms with Crippen LogP contribution in [0.2, 0.25) is 0 Å². The van der Waals surface area contributed by atoms with E-state index in [9.17, 15) is 4.79 Å². The molecule has 1 fully saturated rings. The zero-order chi connectivity index (χ0) is 10.8. The lowest BCUT2D eigenvalue weighted by atomic mass is 9.66. The maximum atomic E-state index is 11.3. The summed E-state index contributed by atoms with van der Waals surface area (Å²) in [4.78, 5) is 15.3. The second-order valence-corrected chi connectivity index (χ2v) is 3.93. The van der Waals surface area contributed by atoms with Gasteiger partial charge in [-0.3, -0.25) is 9.79 Å². The Hall–Kier alpha value is -1.10. The number of hydrogen-bond acceptors (Lipinski definition) is 3. The van der Waals surface area contributed by atoms with E-state index in [0.717, 1.165) is 12.8 Å². The predicted octanol–water partition coefficient (Wildman–Crippen LogP) is -0.783. The van der Waals surface area contributed by atoms with Gasteiger partial charge in [-0.1, -0.05) is 0 Å². The van der Waals surface area contributed by atoms with E-state index in [4.69, 9.17) is 11.5 Å². The minimum atomic E-state index is -0.316. The Kier molecular flexibility index (Phi) is 3.10. The van der Waals surface area contributed by atoms with Crippen molar-refractivity contribution in [2.45, 2.75) is 25.3 Å². The molecule has 14 heavy (non-hydrogen) atoms. The van der Waals surface area contributed by atoms with Gasteiger partial charge in [0.1, 0.15) is 5.78 Å². The predicted molar refractivity (Wildman–Crippen MR) is 55.9 cm³/mol. The number of nitrogens with zero attached hydrogens (tertiary/aromatic N) is 1. The summed E-state index contributed by atoms with van der Waals surface area (Å²) in [6.07, 6.45) is 1.66. The number of likely N-dealkylation sites (N-methyl/N-ethyl adjacent to an activating group) is 1. The highest BCUT2D eigenvalue weighted by molar-refractivity contribution is 5.87. The third-order valence-electron chi connectivity index (χ3n) is 2.96. The first-order chi connectivity index (χ1) is 6.50. The first-order valence-electron chi connectivity index (χ1n) is 4.75. The second kappa shape index (κ2) is 3.96. The SMILES string of the molecule is CNC1(C(C)=O)CC(CN=C(N)N)C1. The van der Waals surface area contributed by atoms with Crippen molar-refractivity contribution in [2.24, 2.45) is 22.4 Å². The molecule has 0 aliphatic heterocycles. The van der Waals surface area contributed by atoms with Crippen molar-refractivity contribution in [2.75, 3.05) is 13.6 Å². The van der Waals surface area contributed by atoms with Crippen LogP contribution in [0.4, 0.5) is 0 Å². The molecule has 0 unspecified atom stereocenters. The van der Waals surface area contributed by atoms with Gasteiger partial charge in [-0.15, -0.1) is 0 Å². The molecule has 5 nitrogen and oxygen atoms in total. The number of carbonyl (C=O) groups excluding carboxylic acids is 1. The number of nitrogens with one attached hydrogen (secondary N) is 1. The summed E-state index contributed by atoms with van der Waals surface area (Å²) in [5.41, 5.74) is 10.1. The van der Waals surface area contributed by atoms with Crippen LogP contribution >= 0.6 is 0 Å². The van der Waals surface area contributed by atoms with Crippen molar-refractivity contribution < 1.29 is 4.79 Å². The maximum Gasteiger partial charge on any atom is 0.185 e. The summed E-state index contributed by atoms with van der Waals surface area (Å²) in [6, 6.07) is 0. The quantitative estimate of drug-likeness (QED) is 0.408. The van der Waals surface area contributed by atoms with Gasteiger partial charge in [-0.05, 0) is 32.7 Å². The third kappa shape index (κ3) is 2.04. The van der Waals surface area contributed by atoms with Gasteiger partial charge in [-0.25, -0.2) is 0 Å². The van der Waals surface area contributed by atoms with Gasteiger partial charge < -0.3 is 16.8 Å².